The van der Waals surface area contributed by atoms with Gasteiger partial charge in [-0.25, -0.2) is 0 Å². The van der Waals surface area contributed by atoms with Gasteiger partial charge >= 0.3 is 0 Å². The van der Waals surface area contributed by atoms with Crippen molar-refractivity contribution in [3.05, 3.63) is 75.5 Å². The molecule has 5 heteroatoms. The van der Waals surface area contributed by atoms with Crippen LogP contribution in [0.15, 0.2) is 48.0 Å². The van der Waals surface area contributed by atoms with E-state index in [2.05, 4.69) is 32.4 Å². The smallest absolute Gasteiger partial charge is 0.253 e. The molecule has 3 heterocycles. The molecule has 3 aromatic heterocycles. The Hall–Kier alpha value is -2.40. The SMILES string of the molecule is Cc1cc(C(=O)NCCc2ccccn2)c(C)n1Cc1cccs1. The van der Waals surface area contributed by atoms with Crippen LogP contribution in [-0.4, -0.2) is 22.0 Å². The van der Waals surface area contributed by atoms with Crippen LogP contribution in [0.25, 0.3) is 0 Å². The van der Waals surface area contributed by atoms with Gasteiger partial charge < -0.3 is 9.88 Å². The molecular formula is C19H21N3OS. The molecule has 124 valence electrons. The lowest BCUT2D eigenvalue weighted by Crippen LogP contribution is -2.26. The van der Waals surface area contributed by atoms with E-state index in [0.717, 1.165) is 35.6 Å². The average Bonchev–Trinajstić information content (AvgIpc) is 3.19. The second-order valence-electron chi connectivity index (χ2n) is 5.78. The summed E-state index contributed by atoms with van der Waals surface area (Å²) in [5.41, 5.74) is 3.86. The van der Waals surface area contributed by atoms with E-state index in [-0.39, 0.29) is 5.91 Å². The van der Waals surface area contributed by atoms with Gasteiger partial charge in [-0.15, -0.1) is 11.3 Å². The molecule has 0 aliphatic carbocycles. The molecule has 24 heavy (non-hydrogen) atoms. The number of thiophene rings is 1. The minimum Gasteiger partial charge on any atom is -0.352 e. The summed E-state index contributed by atoms with van der Waals surface area (Å²) < 4.78 is 2.19. The Morgan fingerprint density at radius 2 is 2.12 bits per heavy atom. The van der Waals surface area contributed by atoms with Crippen LogP contribution in [0.5, 0.6) is 0 Å². The Kier molecular flexibility index (Phi) is 5.11. The van der Waals surface area contributed by atoms with Crippen LogP contribution < -0.4 is 5.32 Å². The quantitative estimate of drug-likeness (QED) is 0.746. The van der Waals surface area contributed by atoms with Crippen molar-refractivity contribution in [1.29, 1.82) is 0 Å². The van der Waals surface area contributed by atoms with E-state index in [1.165, 1.54) is 4.88 Å². The monoisotopic (exact) mass is 339 g/mol. The summed E-state index contributed by atoms with van der Waals surface area (Å²) >= 11 is 1.74. The van der Waals surface area contributed by atoms with Gasteiger partial charge in [0.25, 0.3) is 5.91 Å². The molecule has 3 rings (SSSR count). The minimum absolute atomic E-state index is 0.0172. The number of rotatable bonds is 6. The van der Waals surface area contributed by atoms with Crippen LogP contribution in [0.1, 0.15) is 32.3 Å². The Bertz CT molecular complexity index is 807. The van der Waals surface area contributed by atoms with Gasteiger partial charge in [0.05, 0.1) is 12.1 Å². The fraction of sp³-hybridized carbons (Fsp3) is 0.263. The van der Waals surface area contributed by atoms with Crippen LogP contribution in [0.4, 0.5) is 0 Å². The number of aryl methyl sites for hydroxylation is 1. The zero-order chi connectivity index (χ0) is 16.9. The molecule has 0 fully saturated rings. The Labute approximate surface area is 146 Å². The van der Waals surface area contributed by atoms with E-state index in [9.17, 15) is 4.79 Å². The van der Waals surface area contributed by atoms with Crippen molar-refractivity contribution in [3.8, 4) is 0 Å². The first-order chi connectivity index (χ1) is 11.6. The molecule has 3 aromatic rings. The molecule has 4 nitrogen and oxygen atoms in total. The number of nitrogens with one attached hydrogen (secondary N) is 1. The highest BCUT2D eigenvalue weighted by Crippen LogP contribution is 2.19. The molecule has 0 saturated heterocycles. The fourth-order valence-electron chi connectivity index (χ4n) is 2.78. The maximum Gasteiger partial charge on any atom is 0.253 e. The lowest BCUT2D eigenvalue weighted by molar-refractivity contribution is 0.0953. The molecule has 0 radical (unpaired) electrons. The van der Waals surface area contributed by atoms with Crippen LogP contribution in [0.3, 0.4) is 0 Å². The van der Waals surface area contributed by atoms with E-state index in [4.69, 9.17) is 0 Å². The highest BCUT2D eigenvalue weighted by molar-refractivity contribution is 7.09. The molecule has 1 N–H and O–H groups in total. The second-order valence-corrected chi connectivity index (χ2v) is 6.81. The zero-order valence-electron chi connectivity index (χ0n) is 14.0. The van der Waals surface area contributed by atoms with Gasteiger partial charge in [-0.1, -0.05) is 12.1 Å². The van der Waals surface area contributed by atoms with Gasteiger partial charge in [0.15, 0.2) is 0 Å². The third kappa shape index (κ3) is 3.74. The topological polar surface area (TPSA) is 46.9 Å². The molecule has 1 amide bonds. The van der Waals surface area contributed by atoms with Crippen molar-refractivity contribution in [2.45, 2.75) is 26.8 Å². The maximum absolute atomic E-state index is 12.5. The highest BCUT2D eigenvalue weighted by atomic mass is 32.1. The summed E-state index contributed by atoms with van der Waals surface area (Å²) in [4.78, 5) is 18.0. The summed E-state index contributed by atoms with van der Waals surface area (Å²) in [6.45, 7) is 5.46. The molecule has 0 atom stereocenters. The first-order valence-corrected chi connectivity index (χ1v) is 8.90. The van der Waals surface area contributed by atoms with Gasteiger partial charge in [0.2, 0.25) is 0 Å². The van der Waals surface area contributed by atoms with Crippen LogP contribution in [0.2, 0.25) is 0 Å². The van der Waals surface area contributed by atoms with Crippen molar-refractivity contribution in [3.63, 3.8) is 0 Å². The van der Waals surface area contributed by atoms with Crippen molar-refractivity contribution >= 4 is 17.2 Å². The Morgan fingerprint density at radius 3 is 2.83 bits per heavy atom. The third-order valence-electron chi connectivity index (χ3n) is 4.11. The van der Waals surface area contributed by atoms with Gasteiger partial charge in [-0.3, -0.25) is 9.78 Å². The van der Waals surface area contributed by atoms with Crippen molar-refractivity contribution in [1.82, 2.24) is 14.9 Å². The largest absolute Gasteiger partial charge is 0.352 e. The van der Waals surface area contributed by atoms with Gasteiger partial charge in [-0.05, 0) is 43.5 Å². The maximum atomic E-state index is 12.5. The number of pyridine rings is 1. The van der Waals surface area contributed by atoms with Gasteiger partial charge in [0.1, 0.15) is 0 Å². The number of amides is 1. The first-order valence-electron chi connectivity index (χ1n) is 8.02. The summed E-state index contributed by atoms with van der Waals surface area (Å²) in [5.74, 6) is -0.0172. The number of hydrogen-bond donors (Lipinski definition) is 1. The first kappa shape index (κ1) is 16.5. The number of hydrogen-bond acceptors (Lipinski definition) is 3. The number of nitrogens with zero attached hydrogens (tertiary/aromatic N) is 2. The zero-order valence-corrected chi connectivity index (χ0v) is 14.8. The predicted molar refractivity (Wildman–Crippen MR) is 97.6 cm³/mol. The molecular weight excluding hydrogens is 318 g/mol. The van der Waals surface area contributed by atoms with E-state index in [1.54, 1.807) is 17.5 Å². The highest BCUT2D eigenvalue weighted by Gasteiger charge is 2.15. The van der Waals surface area contributed by atoms with E-state index < -0.39 is 0 Å². The molecule has 0 aliphatic rings. The molecule has 0 saturated carbocycles. The number of carbonyl (C=O) groups is 1. The summed E-state index contributed by atoms with van der Waals surface area (Å²) in [6, 6.07) is 12.0. The molecule has 0 aromatic carbocycles. The lowest BCUT2D eigenvalue weighted by Gasteiger charge is -2.09. The Morgan fingerprint density at radius 1 is 1.25 bits per heavy atom. The summed E-state index contributed by atoms with van der Waals surface area (Å²) in [5, 5.41) is 5.08. The standard InChI is InChI=1S/C19H21N3OS/c1-14-12-18(15(2)22(14)13-17-7-5-11-24-17)19(23)21-10-8-16-6-3-4-9-20-16/h3-7,9,11-12H,8,10,13H2,1-2H3,(H,21,23). The van der Waals surface area contributed by atoms with Crippen molar-refractivity contribution in [2.75, 3.05) is 6.54 Å². The van der Waals surface area contributed by atoms with E-state index in [1.807, 2.05) is 38.1 Å². The Balaban J connectivity index is 1.64. The lowest BCUT2D eigenvalue weighted by atomic mass is 10.2. The van der Waals surface area contributed by atoms with Crippen LogP contribution in [0, 0.1) is 13.8 Å². The van der Waals surface area contributed by atoms with Crippen molar-refractivity contribution in [2.24, 2.45) is 0 Å². The molecule has 0 bridgehead atoms. The minimum atomic E-state index is -0.0172. The normalized spacial score (nSPS) is 10.8. The summed E-state index contributed by atoms with van der Waals surface area (Å²) in [7, 11) is 0. The van der Waals surface area contributed by atoms with E-state index >= 15 is 0 Å². The fourth-order valence-corrected chi connectivity index (χ4v) is 3.47. The number of carbonyl (C=O) groups excluding carboxylic acids is 1. The van der Waals surface area contributed by atoms with Crippen molar-refractivity contribution < 1.29 is 4.79 Å². The molecule has 0 unspecified atom stereocenters. The van der Waals surface area contributed by atoms with Gasteiger partial charge in [-0.2, -0.15) is 0 Å². The van der Waals surface area contributed by atoms with Crippen LogP contribution in [-0.2, 0) is 13.0 Å². The van der Waals surface area contributed by atoms with Gasteiger partial charge in [0, 0.05) is 41.1 Å². The second kappa shape index (κ2) is 7.45. The third-order valence-corrected chi connectivity index (χ3v) is 4.97. The molecule has 0 aliphatic heterocycles. The molecule has 0 spiro atoms. The number of aromatic nitrogens is 2. The predicted octanol–water partition coefficient (Wildman–Crippen LogP) is 3.58. The summed E-state index contributed by atoms with van der Waals surface area (Å²) in [6.07, 6.45) is 2.51. The van der Waals surface area contributed by atoms with Crippen LogP contribution >= 0.6 is 11.3 Å². The van der Waals surface area contributed by atoms with E-state index in [0.29, 0.717) is 6.54 Å². The average molecular weight is 339 g/mol.